The van der Waals surface area contributed by atoms with E-state index in [0.29, 0.717) is 6.42 Å². The molecule has 0 amide bonds. The molecule has 1 heterocycles. The van der Waals surface area contributed by atoms with Crippen molar-refractivity contribution in [3.63, 3.8) is 0 Å². The van der Waals surface area contributed by atoms with Crippen LogP contribution in [-0.4, -0.2) is 24.6 Å². The van der Waals surface area contributed by atoms with Crippen LogP contribution in [0.4, 0.5) is 0 Å². The van der Waals surface area contributed by atoms with Crippen LogP contribution in [-0.2, 0) is 14.9 Å². The molecule has 31 heavy (non-hydrogen) atoms. The molecule has 3 aliphatic rings. The zero-order valence-electron chi connectivity index (χ0n) is 17.2. The highest BCUT2D eigenvalue weighted by Gasteiger charge is 2.71. The predicted octanol–water partition coefficient (Wildman–Crippen LogP) is 4.69. The SMILES string of the molecule is COC(=O)[C@@H]1C2=Cc3ccccc3C(C#N)(C#N)C23CCSC[C@@H]3[C@H]1c1ccccc1. The summed E-state index contributed by atoms with van der Waals surface area (Å²) in [7, 11) is 1.42. The molecule has 2 fully saturated rings. The molecule has 4 atom stereocenters. The number of hydrogen-bond acceptors (Lipinski definition) is 5. The first kappa shape index (κ1) is 19.9. The summed E-state index contributed by atoms with van der Waals surface area (Å²) in [6.45, 7) is 0. The van der Waals surface area contributed by atoms with Gasteiger partial charge in [-0.3, -0.25) is 4.79 Å². The minimum atomic E-state index is -1.34. The summed E-state index contributed by atoms with van der Waals surface area (Å²) in [4.78, 5) is 13.3. The van der Waals surface area contributed by atoms with Gasteiger partial charge in [0.15, 0.2) is 5.41 Å². The van der Waals surface area contributed by atoms with Crippen LogP contribution in [0.5, 0.6) is 0 Å². The Balaban J connectivity index is 1.87. The second-order valence-corrected chi connectivity index (χ2v) is 9.65. The minimum absolute atomic E-state index is 0.0170. The molecule has 1 saturated heterocycles. The maximum Gasteiger partial charge on any atom is 0.313 e. The molecule has 1 saturated carbocycles. The van der Waals surface area contributed by atoms with E-state index in [0.717, 1.165) is 33.8 Å². The standard InChI is InChI=1S/C26H22N2O2S/c1-30-24(29)23-20-13-18-9-5-6-10-19(18)25(15-27,16-28)26(20)11-12-31-14-21(26)22(23)17-7-3-2-4-8-17/h2-10,13,21-23H,11-12,14H2,1H3/t21-,22-,23-,26?/m1/s1. The van der Waals surface area contributed by atoms with E-state index in [1.165, 1.54) is 7.11 Å². The van der Waals surface area contributed by atoms with E-state index in [9.17, 15) is 15.3 Å². The number of carbonyl (C=O) groups excluding carboxylic acids is 1. The summed E-state index contributed by atoms with van der Waals surface area (Å²) in [6.07, 6.45) is 2.77. The third kappa shape index (κ3) is 2.45. The number of carbonyl (C=O) groups is 1. The van der Waals surface area contributed by atoms with E-state index in [4.69, 9.17) is 4.74 Å². The van der Waals surface area contributed by atoms with Gasteiger partial charge in [-0.2, -0.15) is 22.3 Å². The third-order valence-electron chi connectivity index (χ3n) is 7.53. The number of rotatable bonds is 2. The molecule has 1 spiro atoms. The fourth-order valence-corrected chi connectivity index (χ4v) is 7.74. The monoisotopic (exact) mass is 426 g/mol. The van der Waals surface area contributed by atoms with Gasteiger partial charge in [-0.05, 0) is 46.1 Å². The van der Waals surface area contributed by atoms with Crippen LogP contribution in [0.15, 0.2) is 60.2 Å². The van der Waals surface area contributed by atoms with Crippen molar-refractivity contribution in [3.8, 4) is 12.1 Å². The summed E-state index contributed by atoms with van der Waals surface area (Å²) in [5.74, 6) is 0.710. The first-order valence-corrected chi connectivity index (χ1v) is 11.6. The highest BCUT2D eigenvalue weighted by atomic mass is 32.2. The molecule has 0 N–H and O–H groups in total. The van der Waals surface area contributed by atoms with Gasteiger partial charge in [-0.15, -0.1) is 0 Å². The number of hydrogen-bond donors (Lipinski definition) is 0. The number of ether oxygens (including phenoxy) is 1. The van der Waals surface area contributed by atoms with Crippen LogP contribution in [0.25, 0.3) is 6.08 Å². The topological polar surface area (TPSA) is 73.9 Å². The van der Waals surface area contributed by atoms with E-state index < -0.39 is 16.7 Å². The number of benzene rings is 2. The fraction of sp³-hybridized carbons (Fsp3) is 0.346. The van der Waals surface area contributed by atoms with Crippen molar-refractivity contribution in [2.75, 3.05) is 18.6 Å². The van der Waals surface area contributed by atoms with Gasteiger partial charge in [0.1, 0.15) is 0 Å². The second kappa shape index (κ2) is 7.29. The van der Waals surface area contributed by atoms with Crippen LogP contribution in [0.2, 0.25) is 0 Å². The van der Waals surface area contributed by atoms with Gasteiger partial charge in [0.05, 0.1) is 25.2 Å². The van der Waals surface area contributed by atoms with Crippen molar-refractivity contribution in [2.45, 2.75) is 17.8 Å². The van der Waals surface area contributed by atoms with Gasteiger partial charge in [-0.1, -0.05) is 60.7 Å². The summed E-state index contributed by atoms with van der Waals surface area (Å²) < 4.78 is 5.31. The maximum atomic E-state index is 13.3. The zero-order valence-corrected chi connectivity index (χ0v) is 18.1. The molecule has 0 aromatic heterocycles. The quantitative estimate of drug-likeness (QED) is 0.651. The molecule has 2 aromatic rings. The van der Waals surface area contributed by atoms with Crippen molar-refractivity contribution >= 4 is 23.8 Å². The summed E-state index contributed by atoms with van der Waals surface area (Å²) in [5.41, 5.74) is 1.53. The highest BCUT2D eigenvalue weighted by molar-refractivity contribution is 7.99. The van der Waals surface area contributed by atoms with Crippen molar-refractivity contribution in [2.24, 2.45) is 17.3 Å². The number of fused-ring (bicyclic) bond motifs is 1. The average Bonchev–Trinajstić information content (AvgIpc) is 3.14. The minimum Gasteiger partial charge on any atom is -0.469 e. The Bertz CT molecular complexity index is 1150. The second-order valence-electron chi connectivity index (χ2n) is 8.50. The van der Waals surface area contributed by atoms with E-state index in [1.54, 1.807) is 0 Å². The summed E-state index contributed by atoms with van der Waals surface area (Å²) in [6, 6.07) is 22.6. The molecule has 2 aliphatic carbocycles. The predicted molar refractivity (Wildman–Crippen MR) is 120 cm³/mol. The highest BCUT2D eigenvalue weighted by Crippen LogP contribution is 2.71. The molecule has 0 radical (unpaired) electrons. The van der Waals surface area contributed by atoms with Crippen LogP contribution >= 0.6 is 11.8 Å². The van der Waals surface area contributed by atoms with Crippen LogP contribution in [0.3, 0.4) is 0 Å². The van der Waals surface area contributed by atoms with Gasteiger partial charge in [0, 0.05) is 11.3 Å². The van der Waals surface area contributed by atoms with E-state index in [2.05, 4.69) is 30.3 Å². The summed E-state index contributed by atoms with van der Waals surface area (Å²) in [5, 5.41) is 21.2. The zero-order chi connectivity index (χ0) is 21.6. The van der Waals surface area contributed by atoms with E-state index in [-0.39, 0.29) is 17.8 Å². The fourth-order valence-electron chi connectivity index (χ4n) is 6.36. The molecule has 4 nitrogen and oxygen atoms in total. The third-order valence-corrected chi connectivity index (χ3v) is 8.62. The van der Waals surface area contributed by atoms with Crippen LogP contribution in [0.1, 0.15) is 29.0 Å². The number of nitrogens with zero attached hydrogens (tertiary/aromatic N) is 2. The Morgan fingerprint density at radius 2 is 1.81 bits per heavy atom. The lowest BCUT2D eigenvalue weighted by molar-refractivity contribution is -0.144. The molecule has 5 heteroatoms. The Morgan fingerprint density at radius 3 is 2.52 bits per heavy atom. The van der Waals surface area contributed by atoms with Gasteiger partial charge >= 0.3 is 5.97 Å². The lowest BCUT2D eigenvalue weighted by Gasteiger charge is -2.51. The molecular formula is C26H22N2O2S. The maximum absolute atomic E-state index is 13.3. The average molecular weight is 427 g/mol. The smallest absolute Gasteiger partial charge is 0.313 e. The first-order chi connectivity index (χ1) is 15.1. The molecule has 2 aromatic carbocycles. The molecule has 1 unspecified atom stereocenters. The number of thioether (sulfide) groups is 1. The lowest BCUT2D eigenvalue weighted by atomic mass is 9.50. The van der Waals surface area contributed by atoms with Gasteiger partial charge in [0.2, 0.25) is 0 Å². The number of nitriles is 2. The molecule has 0 bridgehead atoms. The Labute approximate surface area is 186 Å². The van der Waals surface area contributed by atoms with Gasteiger partial charge in [0.25, 0.3) is 0 Å². The molecular weight excluding hydrogens is 404 g/mol. The van der Waals surface area contributed by atoms with Crippen molar-refractivity contribution in [3.05, 3.63) is 76.9 Å². The Kier molecular flexibility index (Phi) is 4.68. The van der Waals surface area contributed by atoms with Crippen LogP contribution in [0, 0.1) is 39.9 Å². The summed E-state index contributed by atoms with van der Waals surface area (Å²) >= 11 is 1.85. The molecule has 1 aliphatic heterocycles. The lowest BCUT2D eigenvalue weighted by Crippen LogP contribution is -2.52. The largest absolute Gasteiger partial charge is 0.469 e. The number of esters is 1. The molecule has 154 valence electrons. The van der Waals surface area contributed by atoms with Crippen molar-refractivity contribution in [1.29, 1.82) is 10.5 Å². The van der Waals surface area contributed by atoms with Crippen molar-refractivity contribution < 1.29 is 9.53 Å². The number of methoxy groups -OCH3 is 1. The van der Waals surface area contributed by atoms with Crippen LogP contribution < -0.4 is 0 Å². The molecule has 5 rings (SSSR count). The van der Waals surface area contributed by atoms with E-state index in [1.807, 2.05) is 54.2 Å². The Morgan fingerprint density at radius 1 is 1.10 bits per heavy atom. The Hall–Kier alpha value is -3.02. The van der Waals surface area contributed by atoms with Crippen molar-refractivity contribution in [1.82, 2.24) is 0 Å². The normalized spacial score (nSPS) is 29.9. The van der Waals surface area contributed by atoms with E-state index >= 15 is 0 Å². The first-order valence-electron chi connectivity index (χ1n) is 10.5. The van der Waals surface area contributed by atoms with Gasteiger partial charge in [-0.25, -0.2) is 0 Å². The van der Waals surface area contributed by atoms with Gasteiger partial charge < -0.3 is 4.74 Å².